The molecule has 0 spiro atoms. The van der Waals surface area contributed by atoms with Gasteiger partial charge in [0.05, 0.1) is 18.3 Å². The summed E-state index contributed by atoms with van der Waals surface area (Å²) >= 11 is 0. The van der Waals surface area contributed by atoms with Gasteiger partial charge in [-0.3, -0.25) is 0 Å². The van der Waals surface area contributed by atoms with Crippen molar-refractivity contribution in [2.45, 2.75) is 46.3 Å². The van der Waals surface area contributed by atoms with Crippen molar-refractivity contribution in [3.8, 4) is 0 Å². The van der Waals surface area contributed by atoms with Gasteiger partial charge in [-0.1, -0.05) is 26.0 Å². The number of hydrogen-bond donors (Lipinski definition) is 1. The fraction of sp³-hybridized carbons (Fsp3) is 0.588. The van der Waals surface area contributed by atoms with E-state index in [1.807, 2.05) is 32.0 Å². The van der Waals surface area contributed by atoms with Gasteiger partial charge in [-0.15, -0.1) is 0 Å². The lowest BCUT2D eigenvalue weighted by Crippen LogP contribution is -2.58. The maximum atomic E-state index is 12.0. The van der Waals surface area contributed by atoms with Crippen molar-refractivity contribution in [1.82, 2.24) is 0 Å². The molecule has 1 fully saturated rings. The minimum atomic E-state index is -0.279. The molecule has 0 amide bonds. The number of carbonyl (C=O) groups is 1. The summed E-state index contributed by atoms with van der Waals surface area (Å²) in [5, 5.41) is 3.48. The fourth-order valence-corrected chi connectivity index (χ4v) is 2.80. The van der Waals surface area contributed by atoms with E-state index < -0.39 is 0 Å². The van der Waals surface area contributed by atoms with E-state index in [-0.39, 0.29) is 17.5 Å². The Morgan fingerprint density at radius 3 is 2.62 bits per heavy atom. The van der Waals surface area contributed by atoms with Crippen molar-refractivity contribution in [3.05, 3.63) is 29.8 Å². The minimum absolute atomic E-state index is 0.0534. The van der Waals surface area contributed by atoms with Gasteiger partial charge < -0.3 is 14.8 Å². The van der Waals surface area contributed by atoms with Gasteiger partial charge in [-0.25, -0.2) is 4.79 Å². The van der Waals surface area contributed by atoms with E-state index in [4.69, 9.17) is 9.47 Å². The number of carbonyl (C=O) groups excluding carboxylic acids is 1. The van der Waals surface area contributed by atoms with Crippen LogP contribution in [-0.2, 0) is 9.47 Å². The molecule has 4 heteroatoms. The predicted molar refractivity (Wildman–Crippen MR) is 83.6 cm³/mol. The van der Waals surface area contributed by atoms with Crippen molar-refractivity contribution >= 4 is 11.7 Å². The Kier molecular flexibility index (Phi) is 4.88. The molecule has 0 heterocycles. The summed E-state index contributed by atoms with van der Waals surface area (Å²) < 4.78 is 10.9. The fourth-order valence-electron chi connectivity index (χ4n) is 2.80. The molecule has 2 atom stereocenters. The SMILES string of the molecule is CCOC(=O)c1ccccc1NC1CC(OCC)C1(C)C. The van der Waals surface area contributed by atoms with E-state index in [9.17, 15) is 4.79 Å². The standard InChI is InChI=1S/C17H25NO3/c1-5-20-15-11-14(17(15,3)4)18-13-10-8-7-9-12(13)16(19)21-6-2/h7-10,14-15,18H,5-6,11H2,1-4H3. The Hall–Kier alpha value is -1.55. The molecule has 1 aromatic carbocycles. The molecule has 1 N–H and O–H groups in total. The highest BCUT2D eigenvalue weighted by Crippen LogP contribution is 2.44. The van der Waals surface area contributed by atoms with Gasteiger partial charge >= 0.3 is 5.97 Å². The maximum Gasteiger partial charge on any atom is 0.340 e. The quantitative estimate of drug-likeness (QED) is 0.815. The van der Waals surface area contributed by atoms with E-state index in [2.05, 4.69) is 19.2 Å². The third kappa shape index (κ3) is 3.21. The van der Waals surface area contributed by atoms with Gasteiger partial charge in [0.1, 0.15) is 0 Å². The van der Waals surface area contributed by atoms with E-state index in [1.54, 1.807) is 6.07 Å². The van der Waals surface area contributed by atoms with Gasteiger partial charge in [0, 0.05) is 23.8 Å². The smallest absolute Gasteiger partial charge is 0.340 e. The summed E-state index contributed by atoms with van der Waals surface area (Å²) in [4.78, 5) is 12.0. The molecule has 0 saturated heterocycles. The van der Waals surface area contributed by atoms with Crippen LogP contribution in [0.2, 0.25) is 0 Å². The second-order valence-corrected chi connectivity index (χ2v) is 5.96. The van der Waals surface area contributed by atoms with Crippen LogP contribution in [0.25, 0.3) is 0 Å². The molecule has 116 valence electrons. The minimum Gasteiger partial charge on any atom is -0.462 e. The summed E-state index contributed by atoms with van der Waals surface area (Å²) in [5.41, 5.74) is 1.48. The Morgan fingerprint density at radius 1 is 1.29 bits per heavy atom. The van der Waals surface area contributed by atoms with Crippen molar-refractivity contribution < 1.29 is 14.3 Å². The van der Waals surface area contributed by atoms with Gasteiger partial charge in [-0.2, -0.15) is 0 Å². The molecule has 1 saturated carbocycles. The lowest BCUT2D eigenvalue weighted by molar-refractivity contribution is -0.0976. The van der Waals surface area contributed by atoms with E-state index >= 15 is 0 Å². The van der Waals surface area contributed by atoms with Crippen LogP contribution < -0.4 is 5.32 Å². The van der Waals surface area contributed by atoms with Crippen molar-refractivity contribution in [2.75, 3.05) is 18.5 Å². The monoisotopic (exact) mass is 291 g/mol. The first-order valence-electron chi connectivity index (χ1n) is 7.65. The van der Waals surface area contributed by atoms with Crippen LogP contribution in [0.5, 0.6) is 0 Å². The Bertz CT molecular complexity index is 499. The van der Waals surface area contributed by atoms with Gasteiger partial charge in [0.25, 0.3) is 0 Å². The molecule has 4 nitrogen and oxygen atoms in total. The Balaban J connectivity index is 2.09. The number of rotatable bonds is 6. The normalized spacial score (nSPS) is 23.2. The number of benzene rings is 1. The third-order valence-corrected chi connectivity index (χ3v) is 4.30. The summed E-state index contributed by atoms with van der Waals surface area (Å²) in [6, 6.07) is 7.80. The molecule has 1 aliphatic rings. The highest BCUT2D eigenvalue weighted by molar-refractivity contribution is 5.95. The van der Waals surface area contributed by atoms with Crippen molar-refractivity contribution in [3.63, 3.8) is 0 Å². The second-order valence-electron chi connectivity index (χ2n) is 5.96. The largest absolute Gasteiger partial charge is 0.462 e. The van der Waals surface area contributed by atoms with Crippen LogP contribution >= 0.6 is 0 Å². The van der Waals surface area contributed by atoms with Crippen LogP contribution in [-0.4, -0.2) is 31.3 Å². The zero-order chi connectivity index (χ0) is 15.5. The summed E-state index contributed by atoms with van der Waals surface area (Å²) in [5.74, 6) is -0.279. The number of hydrogen-bond acceptors (Lipinski definition) is 4. The van der Waals surface area contributed by atoms with E-state index in [0.29, 0.717) is 18.2 Å². The molecule has 0 aromatic heterocycles. The second kappa shape index (κ2) is 6.48. The summed E-state index contributed by atoms with van der Waals surface area (Å²) in [7, 11) is 0. The first-order valence-corrected chi connectivity index (χ1v) is 7.65. The van der Waals surface area contributed by atoms with Gasteiger partial charge in [0.2, 0.25) is 0 Å². The average Bonchev–Trinajstić information content (AvgIpc) is 2.47. The molecule has 1 aliphatic carbocycles. The zero-order valence-corrected chi connectivity index (χ0v) is 13.3. The van der Waals surface area contributed by atoms with E-state index in [1.165, 1.54) is 0 Å². The van der Waals surface area contributed by atoms with Crippen LogP contribution in [0.1, 0.15) is 44.5 Å². The summed E-state index contributed by atoms with van der Waals surface area (Å²) in [6.07, 6.45) is 1.23. The molecule has 1 aromatic rings. The number of ether oxygens (including phenoxy) is 2. The van der Waals surface area contributed by atoms with Crippen LogP contribution in [0.3, 0.4) is 0 Å². The molecule has 0 aliphatic heterocycles. The number of nitrogens with one attached hydrogen (secondary N) is 1. The molecular weight excluding hydrogens is 266 g/mol. The number of anilines is 1. The Morgan fingerprint density at radius 2 is 2.00 bits per heavy atom. The highest BCUT2D eigenvalue weighted by atomic mass is 16.5. The van der Waals surface area contributed by atoms with Crippen LogP contribution in [0.15, 0.2) is 24.3 Å². The first kappa shape index (κ1) is 15.8. The molecular formula is C17H25NO3. The summed E-state index contributed by atoms with van der Waals surface area (Å²) in [6.45, 7) is 9.35. The molecule has 21 heavy (non-hydrogen) atoms. The zero-order valence-electron chi connectivity index (χ0n) is 13.3. The maximum absolute atomic E-state index is 12.0. The lowest BCUT2D eigenvalue weighted by atomic mass is 9.64. The molecule has 2 rings (SSSR count). The molecule has 0 bridgehead atoms. The van der Waals surface area contributed by atoms with Gasteiger partial charge in [0.15, 0.2) is 0 Å². The number of esters is 1. The number of para-hydroxylation sites is 1. The predicted octanol–water partition coefficient (Wildman–Crippen LogP) is 3.48. The van der Waals surface area contributed by atoms with Crippen molar-refractivity contribution in [2.24, 2.45) is 5.41 Å². The van der Waals surface area contributed by atoms with E-state index in [0.717, 1.165) is 18.7 Å². The first-order chi connectivity index (χ1) is 10.0. The average molecular weight is 291 g/mol. The lowest BCUT2D eigenvalue weighted by Gasteiger charge is -2.52. The van der Waals surface area contributed by atoms with Crippen molar-refractivity contribution in [1.29, 1.82) is 0 Å². The molecule has 2 unspecified atom stereocenters. The topological polar surface area (TPSA) is 47.6 Å². The van der Waals surface area contributed by atoms with Crippen LogP contribution in [0, 0.1) is 5.41 Å². The van der Waals surface area contributed by atoms with Crippen LogP contribution in [0.4, 0.5) is 5.69 Å². The van der Waals surface area contributed by atoms with Gasteiger partial charge in [-0.05, 0) is 32.4 Å². The Labute approximate surface area is 126 Å². The molecule has 0 radical (unpaired) electrons. The highest BCUT2D eigenvalue weighted by Gasteiger charge is 2.49. The third-order valence-electron chi connectivity index (χ3n) is 4.30.